The van der Waals surface area contributed by atoms with Crippen molar-refractivity contribution < 1.29 is 31.1 Å². The summed E-state index contributed by atoms with van der Waals surface area (Å²) in [4.78, 5) is 13.2. The Bertz CT molecular complexity index is 1050. The van der Waals surface area contributed by atoms with Crippen molar-refractivity contribution in [1.29, 1.82) is 0 Å². The highest BCUT2D eigenvalue weighted by molar-refractivity contribution is 7.89. The molecule has 0 radical (unpaired) electrons. The zero-order valence-corrected chi connectivity index (χ0v) is 17.3. The number of sulfonamides is 1. The second-order valence-corrected chi connectivity index (χ2v) is 8.89. The van der Waals surface area contributed by atoms with E-state index in [4.69, 9.17) is 4.74 Å². The van der Waals surface area contributed by atoms with Gasteiger partial charge < -0.3 is 9.64 Å². The number of carbonyl (C=O) groups is 1. The molecule has 1 fully saturated rings. The van der Waals surface area contributed by atoms with Gasteiger partial charge in [0.15, 0.2) is 23.6 Å². The van der Waals surface area contributed by atoms with Crippen LogP contribution in [0, 0.1) is 24.4 Å². The third kappa shape index (κ3) is 4.44. The van der Waals surface area contributed by atoms with Gasteiger partial charge in [0.05, 0.1) is 0 Å². The van der Waals surface area contributed by atoms with Gasteiger partial charge in [-0.3, -0.25) is 4.79 Å². The minimum atomic E-state index is -4.37. The fraction of sp³-hybridized carbons (Fsp3) is 0.350. The highest BCUT2D eigenvalue weighted by atomic mass is 32.2. The Morgan fingerprint density at radius 2 is 1.70 bits per heavy atom. The standard InChI is InChI=1S/C20H21F3N2O4S/c1-13-4-3-5-15(12-13)29-14(2)20(26)24-8-10-25(11-9-24)30(27,28)17-7-6-16(21)18(22)19(17)23/h3-7,12,14H,8-11H2,1-2H3. The zero-order chi connectivity index (χ0) is 22.1. The highest BCUT2D eigenvalue weighted by Crippen LogP contribution is 2.24. The van der Waals surface area contributed by atoms with Crippen LogP contribution in [0.1, 0.15) is 12.5 Å². The SMILES string of the molecule is Cc1cccc(OC(C)C(=O)N2CCN(S(=O)(=O)c3ccc(F)c(F)c3F)CC2)c1. The Morgan fingerprint density at radius 3 is 2.33 bits per heavy atom. The number of hydrogen-bond acceptors (Lipinski definition) is 4. The Morgan fingerprint density at radius 1 is 1.03 bits per heavy atom. The summed E-state index contributed by atoms with van der Waals surface area (Å²) in [5.74, 6) is -4.83. The predicted octanol–water partition coefficient (Wildman–Crippen LogP) is 2.71. The first-order valence-electron chi connectivity index (χ1n) is 9.27. The van der Waals surface area contributed by atoms with E-state index in [1.165, 1.54) is 4.90 Å². The average Bonchev–Trinajstić information content (AvgIpc) is 2.71. The summed E-state index contributed by atoms with van der Waals surface area (Å²) in [6.07, 6.45) is -0.779. The van der Waals surface area contributed by atoms with E-state index in [-0.39, 0.29) is 32.1 Å². The van der Waals surface area contributed by atoms with Crippen LogP contribution in [0.5, 0.6) is 5.75 Å². The molecular weight excluding hydrogens is 421 g/mol. The van der Waals surface area contributed by atoms with Crippen molar-refractivity contribution >= 4 is 15.9 Å². The van der Waals surface area contributed by atoms with E-state index in [1.807, 2.05) is 19.1 Å². The molecule has 2 aromatic rings. The van der Waals surface area contributed by atoms with Crippen LogP contribution < -0.4 is 4.74 Å². The molecule has 0 saturated carbocycles. The number of hydrogen-bond donors (Lipinski definition) is 0. The van der Waals surface area contributed by atoms with Crippen molar-refractivity contribution in [2.45, 2.75) is 24.8 Å². The van der Waals surface area contributed by atoms with Crippen molar-refractivity contribution in [3.05, 3.63) is 59.4 Å². The van der Waals surface area contributed by atoms with Crippen molar-refractivity contribution in [3.63, 3.8) is 0 Å². The molecular formula is C20H21F3N2O4S. The number of ether oxygens (including phenoxy) is 1. The maximum atomic E-state index is 14.0. The third-order valence-electron chi connectivity index (χ3n) is 4.82. The lowest BCUT2D eigenvalue weighted by Gasteiger charge is -2.35. The molecule has 1 atom stereocenters. The molecule has 0 aliphatic carbocycles. The van der Waals surface area contributed by atoms with Crippen molar-refractivity contribution in [1.82, 2.24) is 9.21 Å². The molecule has 2 aromatic carbocycles. The summed E-state index contributed by atoms with van der Waals surface area (Å²) in [6, 6.07) is 8.49. The van der Waals surface area contributed by atoms with E-state index >= 15 is 0 Å². The molecule has 1 aliphatic rings. The minimum absolute atomic E-state index is 0.0604. The summed E-state index contributed by atoms with van der Waals surface area (Å²) in [6.45, 7) is 3.41. The first kappa shape index (κ1) is 22.1. The Labute approximate surface area is 172 Å². The van der Waals surface area contributed by atoms with Crippen LogP contribution in [0.2, 0.25) is 0 Å². The van der Waals surface area contributed by atoms with Gasteiger partial charge in [-0.2, -0.15) is 4.31 Å². The lowest BCUT2D eigenvalue weighted by molar-refractivity contribution is -0.139. The quantitative estimate of drug-likeness (QED) is 0.668. The van der Waals surface area contributed by atoms with Crippen LogP contribution in [0.25, 0.3) is 0 Å². The van der Waals surface area contributed by atoms with Gasteiger partial charge in [-0.25, -0.2) is 21.6 Å². The Kier molecular flexibility index (Phi) is 6.37. The fourth-order valence-electron chi connectivity index (χ4n) is 3.20. The summed E-state index contributed by atoms with van der Waals surface area (Å²) in [5, 5.41) is 0. The topological polar surface area (TPSA) is 66.9 Å². The van der Waals surface area contributed by atoms with Gasteiger partial charge in [0.25, 0.3) is 5.91 Å². The normalized spacial score (nSPS) is 16.4. The molecule has 10 heteroatoms. The summed E-state index contributed by atoms with van der Waals surface area (Å²) < 4.78 is 72.4. The van der Waals surface area contributed by atoms with Crippen LogP contribution in [0.4, 0.5) is 13.2 Å². The molecule has 1 unspecified atom stereocenters. The second kappa shape index (κ2) is 8.65. The van der Waals surface area contributed by atoms with E-state index in [2.05, 4.69) is 0 Å². The number of aryl methyl sites for hydroxylation is 1. The van der Waals surface area contributed by atoms with Gasteiger partial charge in [-0.05, 0) is 43.7 Å². The van der Waals surface area contributed by atoms with Crippen LogP contribution in [-0.2, 0) is 14.8 Å². The number of halogens is 3. The molecule has 0 bridgehead atoms. The minimum Gasteiger partial charge on any atom is -0.481 e. The predicted molar refractivity (Wildman–Crippen MR) is 103 cm³/mol. The summed E-state index contributed by atoms with van der Waals surface area (Å²) in [7, 11) is -4.37. The first-order chi connectivity index (χ1) is 14.1. The van der Waals surface area contributed by atoms with Gasteiger partial charge in [0, 0.05) is 26.2 Å². The van der Waals surface area contributed by atoms with Gasteiger partial charge in [-0.15, -0.1) is 0 Å². The van der Waals surface area contributed by atoms with Crippen molar-refractivity contribution in [3.8, 4) is 5.75 Å². The summed E-state index contributed by atoms with van der Waals surface area (Å²) >= 11 is 0. The third-order valence-corrected chi connectivity index (χ3v) is 6.73. The Hall–Kier alpha value is -2.59. The van der Waals surface area contributed by atoms with E-state index in [0.29, 0.717) is 17.9 Å². The van der Waals surface area contributed by atoms with Crippen molar-refractivity contribution in [2.75, 3.05) is 26.2 Å². The second-order valence-electron chi connectivity index (χ2n) is 6.98. The van der Waals surface area contributed by atoms with E-state index < -0.39 is 38.5 Å². The average molecular weight is 442 g/mol. The maximum absolute atomic E-state index is 14.0. The van der Waals surface area contributed by atoms with Crippen molar-refractivity contribution in [2.24, 2.45) is 0 Å². The van der Waals surface area contributed by atoms with Gasteiger partial charge >= 0.3 is 0 Å². The molecule has 30 heavy (non-hydrogen) atoms. The van der Waals surface area contributed by atoms with Crippen LogP contribution in [0.15, 0.2) is 41.3 Å². The molecule has 162 valence electrons. The number of piperazine rings is 1. The summed E-state index contributed by atoms with van der Waals surface area (Å²) in [5.41, 5.74) is 0.982. The smallest absolute Gasteiger partial charge is 0.263 e. The molecule has 1 saturated heterocycles. The first-order valence-corrected chi connectivity index (χ1v) is 10.7. The monoisotopic (exact) mass is 442 g/mol. The largest absolute Gasteiger partial charge is 0.481 e. The highest BCUT2D eigenvalue weighted by Gasteiger charge is 2.34. The van der Waals surface area contributed by atoms with E-state index in [1.54, 1.807) is 19.1 Å². The lowest BCUT2D eigenvalue weighted by atomic mass is 10.2. The van der Waals surface area contributed by atoms with Gasteiger partial charge in [-0.1, -0.05) is 12.1 Å². The maximum Gasteiger partial charge on any atom is 0.263 e. The number of amides is 1. The molecule has 0 aromatic heterocycles. The lowest BCUT2D eigenvalue weighted by Crippen LogP contribution is -2.53. The molecule has 0 N–H and O–H groups in total. The molecule has 0 spiro atoms. The number of rotatable bonds is 5. The van der Waals surface area contributed by atoms with Gasteiger partial charge in [0.2, 0.25) is 10.0 Å². The number of nitrogens with zero attached hydrogens (tertiary/aromatic N) is 2. The zero-order valence-electron chi connectivity index (χ0n) is 16.4. The number of benzene rings is 2. The van der Waals surface area contributed by atoms with Gasteiger partial charge in [0.1, 0.15) is 10.6 Å². The van der Waals surface area contributed by atoms with E-state index in [9.17, 15) is 26.4 Å². The molecule has 1 amide bonds. The number of carbonyl (C=O) groups excluding carboxylic acids is 1. The van der Waals surface area contributed by atoms with E-state index in [0.717, 1.165) is 9.87 Å². The van der Waals surface area contributed by atoms with Crippen LogP contribution in [0.3, 0.4) is 0 Å². The van der Waals surface area contributed by atoms with Crippen LogP contribution in [-0.4, -0.2) is 55.8 Å². The Balaban J connectivity index is 1.65. The molecule has 1 aliphatic heterocycles. The molecule has 6 nitrogen and oxygen atoms in total. The molecule has 1 heterocycles. The fourth-order valence-corrected chi connectivity index (χ4v) is 4.67. The molecule has 3 rings (SSSR count). The van der Waals surface area contributed by atoms with Crippen LogP contribution >= 0.6 is 0 Å².